The molecule has 1 N–H and O–H groups in total. The van der Waals surface area contributed by atoms with Crippen molar-refractivity contribution in [3.05, 3.63) is 65.5 Å². The molecule has 0 radical (unpaired) electrons. The Labute approximate surface area is 140 Å². The molecule has 24 heavy (non-hydrogen) atoms. The van der Waals surface area contributed by atoms with Crippen molar-refractivity contribution < 1.29 is 13.6 Å². The van der Waals surface area contributed by atoms with Crippen molar-refractivity contribution in [3.63, 3.8) is 0 Å². The average Bonchev–Trinajstić information content (AvgIpc) is 2.58. The van der Waals surface area contributed by atoms with Crippen molar-refractivity contribution >= 4 is 6.03 Å². The van der Waals surface area contributed by atoms with Gasteiger partial charge < -0.3 is 10.2 Å². The Balaban J connectivity index is 1.94. The molecule has 0 spiro atoms. The van der Waals surface area contributed by atoms with Crippen LogP contribution in [0.5, 0.6) is 0 Å². The van der Waals surface area contributed by atoms with Crippen LogP contribution in [-0.2, 0) is 0 Å². The number of carbonyl (C=O) groups is 1. The highest BCUT2D eigenvalue weighted by Crippen LogP contribution is 2.20. The molecule has 2 rings (SSSR count). The highest BCUT2D eigenvalue weighted by molar-refractivity contribution is 5.74. The molecule has 0 unspecified atom stereocenters. The van der Waals surface area contributed by atoms with E-state index in [-0.39, 0.29) is 24.5 Å². The van der Waals surface area contributed by atoms with Crippen LogP contribution in [-0.4, -0.2) is 29.5 Å². The van der Waals surface area contributed by atoms with E-state index < -0.39 is 11.6 Å². The number of aromatic nitrogens is 1. The van der Waals surface area contributed by atoms with Crippen molar-refractivity contribution in [2.24, 2.45) is 0 Å². The number of rotatable bonds is 5. The minimum Gasteiger partial charge on any atom is -0.337 e. The number of amides is 2. The van der Waals surface area contributed by atoms with Crippen LogP contribution in [0.25, 0.3) is 0 Å². The van der Waals surface area contributed by atoms with E-state index in [1.807, 2.05) is 19.1 Å². The number of pyridine rings is 1. The fourth-order valence-corrected chi connectivity index (χ4v) is 2.42. The lowest BCUT2D eigenvalue weighted by Gasteiger charge is -2.26. The Morgan fingerprint density at radius 1 is 1.21 bits per heavy atom. The Hall–Kier alpha value is -2.50. The molecule has 1 aromatic heterocycles. The van der Waals surface area contributed by atoms with Crippen molar-refractivity contribution in [1.82, 2.24) is 15.2 Å². The fourth-order valence-electron chi connectivity index (χ4n) is 2.42. The summed E-state index contributed by atoms with van der Waals surface area (Å²) in [6.07, 6.45) is 3.36. The van der Waals surface area contributed by atoms with Crippen LogP contribution in [0.1, 0.15) is 36.9 Å². The molecule has 1 aromatic carbocycles. The smallest absolute Gasteiger partial charge is 0.317 e. The van der Waals surface area contributed by atoms with Gasteiger partial charge in [0.25, 0.3) is 0 Å². The minimum atomic E-state index is -0.613. The van der Waals surface area contributed by atoms with Crippen molar-refractivity contribution in [2.75, 3.05) is 13.6 Å². The molecule has 2 aromatic rings. The molecule has 4 nitrogen and oxygen atoms in total. The number of hydrogen-bond donors (Lipinski definition) is 1. The molecule has 6 heteroatoms. The minimum absolute atomic E-state index is 0.120. The van der Waals surface area contributed by atoms with Gasteiger partial charge in [-0.25, -0.2) is 13.6 Å². The fraction of sp³-hybridized carbons (Fsp3) is 0.333. The Bertz CT molecular complexity index is 694. The summed E-state index contributed by atoms with van der Waals surface area (Å²) >= 11 is 0. The number of nitrogens with one attached hydrogen (secondary N) is 1. The molecule has 0 saturated carbocycles. The number of nitrogens with zero attached hydrogens (tertiary/aromatic N) is 2. The number of halogens is 2. The molecule has 0 fully saturated rings. The molecule has 0 saturated heterocycles. The zero-order chi connectivity index (χ0) is 17.7. The van der Waals surface area contributed by atoms with Crippen molar-refractivity contribution in [1.29, 1.82) is 0 Å². The van der Waals surface area contributed by atoms with Gasteiger partial charge in [0.05, 0.1) is 6.04 Å². The standard InChI is InChI=1S/C18H21F2N3O/c1-12(16-5-4-15(19)10-17(16)20)11-22-18(24)23(3)13(2)14-6-8-21-9-7-14/h4-10,12-13H,11H2,1-3H3,(H,22,24)/t12-,13-/m1/s1. The van der Waals surface area contributed by atoms with E-state index >= 15 is 0 Å². The topological polar surface area (TPSA) is 45.2 Å². The molecule has 0 aliphatic heterocycles. The largest absolute Gasteiger partial charge is 0.337 e. The third-order valence-corrected chi connectivity index (χ3v) is 4.14. The monoisotopic (exact) mass is 333 g/mol. The Kier molecular flexibility index (Phi) is 5.84. The molecule has 0 aliphatic carbocycles. The van der Waals surface area contributed by atoms with Gasteiger partial charge in [0.1, 0.15) is 11.6 Å². The molecule has 128 valence electrons. The summed E-state index contributed by atoms with van der Waals surface area (Å²) in [5, 5.41) is 2.78. The maximum absolute atomic E-state index is 13.8. The van der Waals surface area contributed by atoms with Gasteiger partial charge in [-0.2, -0.15) is 0 Å². The lowest BCUT2D eigenvalue weighted by Crippen LogP contribution is -2.40. The average molecular weight is 333 g/mol. The normalized spacial score (nSPS) is 13.2. The van der Waals surface area contributed by atoms with E-state index in [2.05, 4.69) is 10.3 Å². The van der Waals surface area contributed by atoms with Gasteiger partial charge in [-0.1, -0.05) is 13.0 Å². The highest BCUT2D eigenvalue weighted by Gasteiger charge is 2.19. The SMILES string of the molecule is C[C@H](CNC(=O)N(C)[C@H](C)c1ccncc1)c1ccc(F)cc1F. The van der Waals surface area contributed by atoms with E-state index in [1.165, 1.54) is 12.1 Å². The van der Waals surface area contributed by atoms with E-state index in [4.69, 9.17) is 0 Å². The van der Waals surface area contributed by atoms with Crippen LogP contribution >= 0.6 is 0 Å². The summed E-state index contributed by atoms with van der Waals surface area (Å²) in [5.41, 5.74) is 1.35. The number of carbonyl (C=O) groups excluding carboxylic acids is 1. The first kappa shape index (κ1) is 17.8. The molecular weight excluding hydrogens is 312 g/mol. The van der Waals surface area contributed by atoms with Crippen LogP contribution in [0.3, 0.4) is 0 Å². The van der Waals surface area contributed by atoms with Gasteiger partial charge in [-0.05, 0) is 36.2 Å². The quantitative estimate of drug-likeness (QED) is 0.903. The predicted octanol–water partition coefficient (Wildman–Crippen LogP) is 3.87. The van der Waals surface area contributed by atoms with Gasteiger partial charge in [0.15, 0.2) is 0 Å². The summed E-state index contributed by atoms with van der Waals surface area (Å²) in [5.74, 6) is -1.48. The zero-order valence-corrected chi connectivity index (χ0v) is 14.0. The second-order valence-corrected chi connectivity index (χ2v) is 5.82. The van der Waals surface area contributed by atoms with Crippen molar-refractivity contribution in [2.45, 2.75) is 25.8 Å². The molecule has 0 bridgehead atoms. The molecular formula is C18H21F2N3O. The maximum atomic E-state index is 13.8. The second kappa shape index (κ2) is 7.86. The third-order valence-electron chi connectivity index (χ3n) is 4.14. The summed E-state index contributed by atoms with van der Waals surface area (Å²) in [7, 11) is 1.70. The Morgan fingerprint density at radius 2 is 1.88 bits per heavy atom. The highest BCUT2D eigenvalue weighted by atomic mass is 19.1. The summed E-state index contributed by atoms with van der Waals surface area (Å²) in [4.78, 5) is 17.8. The Morgan fingerprint density at radius 3 is 2.50 bits per heavy atom. The number of urea groups is 1. The van der Waals surface area contributed by atoms with Crippen molar-refractivity contribution in [3.8, 4) is 0 Å². The second-order valence-electron chi connectivity index (χ2n) is 5.82. The van der Waals surface area contributed by atoms with E-state index in [9.17, 15) is 13.6 Å². The first-order valence-corrected chi connectivity index (χ1v) is 7.75. The summed E-state index contributed by atoms with van der Waals surface area (Å²) in [6, 6.07) is 6.81. The van der Waals surface area contributed by atoms with Crippen LogP contribution in [0, 0.1) is 11.6 Å². The van der Waals surface area contributed by atoms with E-state index in [1.54, 1.807) is 31.3 Å². The number of hydrogen-bond acceptors (Lipinski definition) is 2. The first-order chi connectivity index (χ1) is 11.4. The van der Waals surface area contributed by atoms with E-state index in [0.717, 1.165) is 11.6 Å². The van der Waals surface area contributed by atoms with Gasteiger partial charge in [0, 0.05) is 38.0 Å². The van der Waals surface area contributed by atoms with E-state index in [0.29, 0.717) is 5.56 Å². The summed E-state index contributed by atoms with van der Waals surface area (Å²) < 4.78 is 26.7. The lowest BCUT2D eigenvalue weighted by atomic mass is 10.0. The van der Waals surface area contributed by atoms with Gasteiger partial charge in [-0.15, -0.1) is 0 Å². The van der Waals surface area contributed by atoms with Gasteiger partial charge in [-0.3, -0.25) is 4.98 Å². The lowest BCUT2D eigenvalue weighted by molar-refractivity contribution is 0.194. The molecule has 2 atom stereocenters. The van der Waals surface area contributed by atoms with Gasteiger partial charge >= 0.3 is 6.03 Å². The summed E-state index contributed by atoms with van der Waals surface area (Å²) in [6.45, 7) is 3.95. The first-order valence-electron chi connectivity index (χ1n) is 7.75. The predicted molar refractivity (Wildman–Crippen MR) is 88.6 cm³/mol. The maximum Gasteiger partial charge on any atom is 0.317 e. The number of benzene rings is 1. The zero-order valence-electron chi connectivity index (χ0n) is 14.0. The van der Waals surface area contributed by atoms with Crippen LogP contribution in [0.15, 0.2) is 42.7 Å². The van der Waals surface area contributed by atoms with Crippen LogP contribution in [0.2, 0.25) is 0 Å². The third kappa shape index (κ3) is 4.28. The van der Waals surface area contributed by atoms with Crippen LogP contribution in [0.4, 0.5) is 13.6 Å². The van der Waals surface area contributed by atoms with Gasteiger partial charge in [0.2, 0.25) is 0 Å². The molecule has 0 aliphatic rings. The molecule has 1 heterocycles. The van der Waals surface area contributed by atoms with Crippen LogP contribution < -0.4 is 5.32 Å². The molecule has 2 amide bonds.